The van der Waals surface area contributed by atoms with E-state index < -0.39 is 0 Å². The van der Waals surface area contributed by atoms with Gasteiger partial charge in [0.2, 0.25) is 11.8 Å². The Balaban J connectivity index is 1.62. The number of hydrogen-bond donors (Lipinski definition) is 0. The van der Waals surface area contributed by atoms with Gasteiger partial charge in [0, 0.05) is 13.0 Å². The van der Waals surface area contributed by atoms with Crippen LogP contribution in [-0.4, -0.2) is 37.8 Å². The minimum Gasteiger partial charge on any atom is -0.339 e. The molecule has 118 valence electrons. The fourth-order valence-electron chi connectivity index (χ4n) is 2.21. The summed E-state index contributed by atoms with van der Waals surface area (Å²) < 4.78 is 6.81. The maximum atomic E-state index is 12.3. The normalized spacial score (nSPS) is 14.4. The molecule has 0 aromatic carbocycles. The number of rotatable bonds is 5. The smallest absolute Gasteiger partial charge is 0.244 e. The van der Waals surface area contributed by atoms with Crippen molar-refractivity contribution in [3.8, 4) is 0 Å². The summed E-state index contributed by atoms with van der Waals surface area (Å²) in [5, 5.41) is 8.78. The summed E-state index contributed by atoms with van der Waals surface area (Å²) in [7, 11) is 1.71. The Morgan fingerprint density at radius 1 is 1.45 bits per heavy atom. The highest BCUT2D eigenvalue weighted by molar-refractivity contribution is 6.31. The van der Waals surface area contributed by atoms with Gasteiger partial charge in [-0.3, -0.25) is 9.48 Å². The third kappa shape index (κ3) is 2.99. The van der Waals surface area contributed by atoms with Crippen LogP contribution < -0.4 is 0 Å². The van der Waals surface area contributed by atoms with Crippen molar-refractivity contribution >= 4 is 17.5 Å². The predicted molar refractivity (Wildman–Crippen MR) is 79.5 cm³/mol. The van der Waals surface area contributed by atoms with Gasteiger partial charge in [0.15, 0.2) is 5.82 Å². The van der Waals surface area contributed by atoms with Gasteiger partial charge in [0.05, 0.1) is 23.0 Å². The third-order valence-electron chi connectivity index (χ3n) is 3.79. The molecule has 1 aliphatic rings. The summed E-state index contributed by atoms with van der Waals surface area (Å²) >= 11 is 6.09. The molecule has 0 saturated heterocycles. The Hall–Kier alpha value is -1.89. The van der Waals surface area contributed by atoms with Gasteiger partial charge in [0.1, 0.15) is 6.54 Å². The molecule has 2 heterocycles. The lowest BCUT2D eigenvalue weighted by Gasteiger charge is -2.15. The number of carbonyl (C=O) groups excluding carboxylic acids is 1. The minimum absolute atomic E-state index is 0.0833. The maximum absolute atomic E-state index is 12.3. The van der Waals surface area contributed by atoms with Crippen LogP contribution in [0, 0.1) is 13.8 Å². The fourth-order valence-corrected chi connectivity index (χ4v) is 2.34. The minimum atomic E-state index is -0.0833. The first-order chi connectivity index (χ1) is 10.5. The SMILES string of the molecule is Cc1nn(CC(=O)N(C)Cc2noc(C3CC3)n2)c(C)c1Cl. The first kappa shape index (κ1) is 15.0. The molecule has 1 amide bonds. The van der Waals surface area contributed by atoms with Gasteiger partial charge in [0.25, 0.3) is 0 Å². The molecule has 2 aromatic rings. The zero-order valence-corrected chi connectivity index (χ0v) is 13.6. The largest absolute Gasteiger partial charge is 0.339 e. The number of nitrogens with zero attached hydrogens (tertiary/aromatic N) is 5. The van der Waals surface area contributed by atoms with Crippen molar-refractivity contribution in [1.82, 2.24) is 24.8 Å². The lowest BCUT2D eigenvalue weighted by atomic mass is 10.4. The second kappa shape index (κ2) is 5.72. The molecule has 0 aliphatic heterocycles. The molecule has 1 saturated carbocycles. The first-order valence-electron chi connectivity index (χ1n) is 7.21. The van der Waals surface area contributed by atoms with Gasteiger partial charge in [-0.1, -0.05) is 16.8 Å². The van der Waals surface area contributed by atoms with Gasteiger partial charge >= 0.3 is 0 Å². The average molecular weight is 324 g/mol. The van der Waals surface area contributed by atoms with Crippen molar-refractivity contribution < 1.29 is 9.32 Å². The van der Waals surface area contributed by atoms with Crippen LogP contribution in [0.5, 0.6) is 0 Å². The van der Waals surface area contributed by atoms with Gasteiger partial charge < -0.3 is 9.42 Å². The van der Waals surface area contributed by atoms with E-state index in [4.69, 9.17) is 16.1 Å². The van der Waals surface area contributed by atoms with Crippen LogP contribution in [0.4, 0.5) is 0 Å². The lowest BCUT2D eigenvalue weighted by Crippen LogP contribution is -2.30. The van der Waals surface area contributed by atoms with Crippen molar-refractivity contribution in [3.63, 3.8) is 0 Å². The molecule has 2 aromatic heterocycles. The number of carbonyl (C=O) groups is 1. The molecule has 0 atom stereocenters. The molecule has 1 fully saturated rings. The number of aryl methyl sites for hydroxylation is 1. The third-order valence-corrected chi connectivity index (χ3v) is 4.34. The Bertz CT molecular complexity index is 704. The summed E-state index contributed by atoms with van der Waals surface area (Å²) in [6.45, 7) is 4.13. The van der Waals surface area contributed by atoms with Gasteiger partial charge in [-0.05, 0) is 26.7 Å². The molecule has 3 rings (SSSR count). The number of likely N-dealkylation sites (N-methyl/N-ethyl adjacent to an activating group) is 1. The molecular weight excluding hydrogens is 306 g/mol. The van der Waals surface area contributed by atoms with Crippen LogP contribution in [0.25, 0.3) is 0 Å². The highest BCUT2D eigenvalue weighted by Gasteiger charge is 2.29. The Kier molecular flexibility index (Phi) is 3.90. The molecule has 0 N–H and O–H groups in total. The molecule has 0 radical (unpaired) electrons. The number of hydrogen-bond acceptors (Lipinski definition) is 5. The van der Waals surface area contributed by atoms with Crippen molar-refractivity contribution in [1.29, 1.82) is 0 Å². The second-order valence-electron chi connectivity index (χ2n) is 5.72. The second-order valence-corrected chi connectivity index (χ2v) is 6.09. The van der Waals surface area contributed by atoms with Crippen molar-refractivity contribution in [2.75, 3.05) is 7.05 Å². The Morgan fingerprint density at radius 3 is 2.77 bits per heavy atom. The quantitative estimate of drug-likeness (QED) is 0.841. The van der Waals surface area contributed by atoms with E-state index in [0.717, 1.165) is 24.2 Å². The number of halogens is 1. The monoisotopic (exact) mass is 323 g/mol. The average Bonchev–Trinajstić information content (AvgIpc) is 3.19. The predicted octanol–water partition coefficient (Wildman–Crippen LogP) is 2.07. The molecule has 0 bridgehead atoms. The summed E-state index contributed by atoms with van der Waals surface area (Å²) in [4.78, 5) is 18.2. The van der Waals surface area contributed by atoms with E-state index in [1.54, 1.807) is 16.6 Å². The van der Waals surface area contributed by atoms with E-state index in [2.05, 4.69) is 15.2 Å². The van der Waals surface area contributed by atoms with Crippen LogP contribution in [0.2, 0.25) is 5.02 Å². The summed E-state index contributed by atoms with van der Waals surface area (Å²) in [6.07, 6.45) is 2.21. The van der Waals surface area contributed by atoms with Gasteiger partial charge in [-0.15, -0.1) is 0 Å². The molecule has 22 heavy (non-hydrogen) atoms. The van der Waals surface area contributed by atoms with E-state index in [-0.39, 0.29) is 12.5 Å². The van der Waals surface area contributed by atoms with Crippen LogP contribution in [0.3, 0.4) is 0 Å². The molecule has 1 aliphatic carbocycles. The highest BCUT2D eigenvalue weighted by atomic mass is 35.5. The van der Waals surface area contributed by atoms with E-state index in [9.17, 15) is 4.79 Å². The van der Waals surface area contributed by atoms with E-state index in [1.807, 2.05) is 13.8 Å². The standard InChI is InChI=1S/C14H18ClN5O2/c1-8-13(15)9(2)20(17-8)7-12(21)19(3)6-11-16-14(22-18-11)10-4-5-10/h10H,4-7H2,1-3H3. The number of amides is 1. The highest BCUT2D eigenvalue weighted by Crippen LogP contribution is 2.38. The van der Waals surface area contributed by atoms with E-state index >= 15 is 0 Å². The molecular formula is C14H18ClN5O2. The Labute approximate surface area is 133 Å². The lowest BCUT2D eigenvalue weighted by molar-refractivity contribution is -0.131. The summed E-state index contributed by atoms with van der Waals surface area (Å²) in [5.41, 5.74) is 1.51. The molecule has 7 nitrogen and oxygen atoms in total. The zero-order valence-electron chi connectivity index (χ0n) is 12.8. The zero-order chi connectivity index (χ0) is 15.9. The topological polar surface area (TPSA) is 77.0 Å². The molecule has 8 heteroatoms. The van der Waals surface area contributed by atoms with Gasteiger partial charge in [-0.25, -0.2) is 0 Å². The van der Waals surface area contributed by atoms with Crippen LogP contribution in [0.1, 0.15) is 41.9 Å². The van der Waals surface area contributed by atoms with Crippen molar-refractivity contribution in [2.45, 2.75) is 45.7 Å². The van der Waals surface area contributed by atoms with Crippen LogP contribution in [0.15, 0.2) is 4.52 Å². The molecule has 0 unspecified atom stereocenters. The molecule has 0 spiro atoms. The van der Waals surface area contributed by atoms with Gasteiger partial charge in [-0.2, -0.15) is 10.1 Å². The number of aromatic nitrogens is 4. The first-order valence-corrected chi connectivity index (χ1v) is 7.59. The summed E-state index contributed by atoms with van der Waals surface area (Å²) in [5.74, 6) is 1.55. The van der Waals surface area contributed by atoms with E-state index in [1.165, 1.54) is 0 Å². The van der Waals surface area contributed by atoms with Crippen LogP contribution in [-0.2, 0) is 17.9 Å². The van der Waals surface area contributed by atoms with Crippen LogP contribution >= 0.6 is 11.6 Å². The summed E-state index contributed by atoms with van der Waals surface area (Å²) in [6, 6.07) is 0. The van der Waals surface area contributed by atoms with E-state index in [0.29, 0.717) is 29.2 Å². The Morgan fingerprint density at radius 2 is 2.18 bits per heavy atom. The van der Waals surface area contributed by atoms with Crippen molar-refractivity contribution in [3.05, 3.63) is 28.1 Å². The van der Waals surface area contributed by atoms with Crippen molar-refractivity contribution in [2.24, 2.45) is 0 Å². The maximum Gasteiger partial charge on any atom is 0.244 e. The fraction of sp³-hybridized carbons (Fsp3) is 0.571.